The molecule has 0 saturated heterocycles. The second-order valence-electron chi connectivity index (χ2n) is 5.04. The van der Waals surface area contributed by atoms with Crippen molar-refractivity contribution in [2.75, 3.05) is 13.6 Å². The summed E-state index contributed by atoms with van der Waals surface area (Å²) in [6.07, 6.45) is 1.64. The molecule has 2 rings (SSSR count). The smallest absolute Gasteiger partial charge is 0.242 e. The van der Waals surface area contributed by atoms with Gasteiger partial charge in [0.05, 0.1) is 13.1 Å². The Morgan fingerprint density at radius 1 is 1.17 bits per heavy atom. The highest BCUT2D eigenvalue weighted by atomic mass is 16.5. The average Bonchev–Trinajstić information content (AvgIpc) is 2.55. The molecule has 6 nitrogen and oxygen atoms in total. The molecule has 2 amide bonds. The van der Waals surface area contributed by atoms with E-state index in [0.29, 0.717) is 18.2 Å². The van der Waals surface area contributed by atoms with Crippen molar-refractivity contribution in [2.24, 2.45) is 0 Å². The van der Waals surface area contributed by atoms with Crippen LogP contribution in [0, 0.1) is 0 Å². The van der Waals surface area contributed by atoms with Crippen LogP contribution in [0.15, 0.2) is 48.7 Å². The monoisotopic (exact) mass is 313 g/mol. The number of carbonyl (C=O) groups is 2. The first-order valence-electron chi connectivity index (χ1n) is 7.21. The molecule has 2 aromatic rings. The van der Waals surface area contributed by atoms with Gasteiger partial charge in [0.25, 0.3) is 0 Å². The quantitative estimate of drug-likeness (QED) is 0.885. The lowest BCUT2D eigenvalue weighted by Gasteiger charge is -2.18. The number of pyridine rings is 1. The van der Waals surface area contributed by atoms with Gasteiger partial charge in [0.15, 0.2) is 0 Å². The minimum absolute atomic E-state index is 0.0268. The number of amides is 2. The molecule has 0 aliphatic heterocycles. The number of nitrogens with one attached hydrogen (secondary N) is 1. The standard InChI is InChI=1S/C17H19N3O3/c1-13(21)19-11-16(22)20(2)12-14-7-6-10-18-17(14)23-15-8-4-3-5-9-15/h3-10H,11-12H2,1-2H3,(H,19,21). The number of benzene rings is 1. The zero-order chi connectivity index (χ0) is 16.7. The fraction of sp³-hybridized carbons (Fsp3) is 0.235. The van der Waals surface area contributed by atoms with E-state index in [-0.39, 0.29) is 18.4 Å². The molecule has 6 heteroatoms. The number of hydrogen-bond donors (Lipinski definition) is 1. The van der Waals surface area contributed by atoms with E-state index in [2.05, 4.69) is 10.3 Å². The van der Waals surface area contributed by atoms with E-state index in [9.17, 15) is 9.59 Å². The summed E-state index contributed by atoms with van der Waals surface area (Å²) in [7, 11) is 1.67. The lowest BCUT2D eigenvalue weighted by atomic mass is 10.2. The number of para-hydroxylation sites is 1. The summed E-state index contributed by atoms with van der Waals surface area (Å²) in [5.74, 6) is 0.716. The summed E-state index contributed by atoms with van der Waals surface area (Å²) in [5.41, 5.74) is 0.787. The first-order chi connectivity index (χ1) is 11.1. The summed E-state index contributed by atoms with van der Waals surface area (Å²) in [4.78, 5) is 28.6. The topological polar surface area (TPSA) is 71.5 Å². The third-order valence-corrected chi connectivity index (χ3v) is 3.13. The van der Waals surface area contributed by atoms with Gasteiger partial charge in [-0.05, 0) is 18.2 Å². The molecule has 23 heavy (non-hydrogen) atoms. The van der Waals surface area contributed by atoms with E-state index in [4.69, 9.17) is 4.74 Å². The van der Waals surface area contributed by atoms with E-state index < -0.39 is 0 Å². The summed E-state index contributed by atoms with van der Waals surface area (Å²) in [6.45, 7) is 1.69. The van der Waals surface area contributed by atoms with Crippen molar-refractivity contribution >= 4 is 11.8 Å². The Hall–Kier alpha value is -2.89. The zero-order valence-corrected chi connectivity index (χ0v) is 13.2. The molecule has 0 atom stereocenters. The van der Waals surface area contributed by atoms with Gasteiger partial charge in [-0.2, -0.15) is 0 Å². The minimum atomic E-state index is -0.235. The number of ether oxygens (including phenoxy) is 1. The summed E-state index contributed by atoms with van der Waals surface area (Å²) in [6, 6.07) is 13.0. The molecule has 1 aromatic heterocycles. The van der Waals surface area contributed by atoms with E-state index in [0.717, 1.165) is 5.56 Å². The van der Waals surface area contributed by atoms with Crippen molar-refractivity contribution in [3.8, 4) is 11.6 Å². The third kappa shape index (κ3) is 5.10. The Bertz CT molecular complexity index is 674. The van der Waals surface area contributed by atoms with Gasteiger partial charge in [0.1, 0.15) is 5.75 Å². The van der Waals surface area contributed by atoms with Gasteiger partial charge in [-0.3, -0.25) is 9.59 Å². The van der Waals surface area contributed by atoms with Gasteiger partial charge in [0.2, 0.25) is 17.7 Å². The van der Waals surface area contributed by atoms with Gasteiger partial charge in [-0.25, -0.2) is 4.98 Å². The highest BCUT2D eigenvalue weighted by Gasteiger charge is 2.13. The van der Waals surface area contributed by atoms with Crippen molar-refractivity contribution in [2.45, 2.75) is 13.5 Å². The van der Waals surface area contributed by atoms with Gasteiger partial charge in [-0.15, -0.1) is 0 Å². The van der Waals surface area contributed by atoms with Crippen LogP contribution in [0.2, 0.25) is 0 Å². The maximum absolute atomic E-state index is 12.0. The molecule has 0 saturated carbocycles. The van der Waals surface area contributed by atoms with Crippen molar-refractivity contribution in [3.63, 3.8) is 0 Å². The highest BCUT2D eigenvalue weighted by Crippen LogP contribution is 2.23. The highest BCUT2D eigenvalue weighted by molar-refractivity contribution is 5.83. The lowest BCUT2D eigenvalue weighted by Crippen LogP contribution is -2.36. The molecule has 120 valence electrons. The first-order valence-corrected chi connectivity index (χ1v) is 7.21. The number of rotatable bonds is 6. The van der Waals surface area contributed by atoms with Crippen molar-refractivity contribution in [1.82, 2.24) is 15.2 Å². The average molecular weight is 313 g/mol. The largest absolute Gasteiger partial charge is 0.439 e. The van der Waals surface area contributed by atoms with E-state index in [1.165, 1.54) is 11.8 Å². The maximum Gasteiger partial charge on any atom is 0.242 e. The second-order valence-corrected chi connectivity index (χ2v) is 5.04. The third-order valence-electron chi connectivity index (χ3n) is 3.13. The summed E-state index contributed by atoms with van der Waals surface area (Å²) in [5, 5.41) is 2.49. The Morgan fingerprint density at radius 3 is 2.61 bits per heavy atom. The van der Waals surface area contributed by atoms with Crippen LogP contribution in [-0.2, 0) is 16.1 Å². The number of hydrogen-bond acceptors (Lipinski definition) is 4. The van der Waals surface area contributed by atoms with Crippen molar-refractivity contribution < 1.29 is 14.3 Å². The van der Waals surface area contributed by atoms with E-state index in [1.54, 1.807) is 19.3 Å². The molecule has 0 aliphatic carbocycles. The van der Waals surface area contributed by atoms with Crippen LogP contribution in [0.1, 0.15) is 12.5 Å². The maximum atomic E-state index is 12.0. The second kappa shape index (κ2) is 7.93. The molecule has 0 bridgehead atoms. The van der Waals surface area contributed by atoms with Crippen LogP contribution in [0.3, 0.4) is 0 Å². The molecule has 0 unspecified atom stereocenters. The Morgan fingerprint density at radius 2 is 1.91 bits per heavy atom. The number of nitrogens with zero attached hydrogens (tertiary/aromatic N) is 2. The molecule has 0 fully saturated rings. The van der Waals surface area contributed by atoms with E-state index in [1.807, 2.05) is 36.4 Å². The van der Waals surface area contributed by atoms with Gasteiger partial charge in [0, 0.05) is 25.7 Å². The van der Waals surface area contributed by atoms with Crippen LogP contribution in [0.5, 0.6) is 11.6 Å². The lowest BCUT2D eigenvalue weighted by molar-refractivity contribution is -0.131. The SMILES string of the molecule is CC(=O)NCC(=O)N(C)Cc1cccnc1Oc1ccccc1. The van der Waals surface area contributed by atoms with Crippen LogP contribution >= 0.6 is 0 Å². The first kappa shape index (κ1) is 16.5. The van der Waals surface area contributed by atoms with Gasteiger partial charge >= 0.3 is 0 Å². The Kier molecular flexibility index (Phi) is 5.68. The molecule has 0 radical (unpaired) electrons. The molecule has 0 aliphatic rings. The number of aromatic nitrogens is 1. The Labute approximate surface area is 135 Å². The number of likely N-dealkylation sites (N-methyl/N-ethyl adjacent to an activating group) is 1. The van der Waals surface area contributed by atoms with Gasteiger partial charge in [-0.1, -0.05) is 24.3 Å². The van der Waals surface area contributed by atoms with Crippen LogP contribution in [-0.4, -0.2) is 35.3 Å². The summed E-state index contributed by atoms with van der Waals surface area (Å²) < 4.78 is 5.77. The molecule has 1 heterocycles. The van der Waals surface area contributed by atoms with Crippen molar-refractivity contribution in [1.29, 1.82) is 0 Å². The van der Waals surface area contributed by atoms with Crippen LogP contribution < -0.4 is 10.1 Å². The minimum Gasteiger partial charge on any atom is -0.439 e. The molecule has 1 N–H and O–H groups in total. The fourth-order valence-electron chi connectivity index (χ4n) is 1.92. The molecular weight excluding hydrogens is 294 g/mol. The van der Waals surface area contributed by atoms with E-state index >= 15 is 0 Å². The van der Waals surface area contributed by atoms with Crippen LogP contribution in [0.4, 0.5) is 0 Å². The Balaban J connectivity index is 2.05. The molecule has 1 aromatic carbocycles. The van der Waals surface area contributed by atoms with Gasteiger partial charge < -0.3 is 15.0 Å². The number of carbonyl (C=O) groups excluding carboxylic acids is 2. The predicted molar refractivity (Wildman–Crippen MR) is 85.9 cm³/mol. The fourth-order valence-corrected chi connectivity index (χ4v) is 1.92. The zero-order valence-electron chi connectivity index (χ0n) is 13.2. The van der Waals surface area contributed by atoms with Crippen LogP contribution in [0.25, 0.3) is 0 Å². The predicted octanol–water partition coefficient (Wildman–Crippen LogP) is 1.97. The molecular formula is C17H19N3O3. The summed E-state index contributed by atoms with van der Waals surface area (Å²) >= 11 is 0. The normalized spacial score (nSPS) is 10.0. The molecule has 0 spiro atoms. The van der Waals surface area contributed by atoms with Crippen molar-refractivity contribution in [3.05, 3.63) is 54.2 Å².